The van der Waals surface area contributed by atoms with Gasteiger partial charge in [0, 0.05) is 36.3 Å². The van der Waals surface area contributed by atoms with Crippen LogP contribution in [0.2, 0.25) is 0 Å². The van der Waals surface area contributed by atoms with Crippen molar-refractivity contribution in [2.24, 2.45) is 11.5 Å². The first-order valence-corrected chi connectivity index (χ1v) is 11.7. The number of nitrogens with zero attached hydrogens (tertiary/aromatic N) is 3. The Bertz CT molecular complexity index is 1420. The number of hydrogen-bond donors (Lipinski definition) is 3. The highest BCUT2D eigenvalue weighted by atomic mass is 32.1. The molecule has 9 heteroatoms. The molecule has 4 aromatic heterocycles. The number of thiophene rings is 1. The van der Waals surface area contributed by atoms with Crippen LogP contribution in [-0.2, 0) is 13.0 Å². The van der Waals surface area contributed by atoms with E-state index in [4.69, 9.17) is 20.9 Å². The summed E-state index contributed by atoms with van der Waals surface area (Å²) < 4.78 is 21.1. The van der Waals surface area contributed by atoms with Gasteiger partial charge in [-0.3, -0.25) is 4.98 Å². The van der Waals surface area contributed by atoms with Crippen LogP contribution < -0.4 is 16.8 Å². The summed E-state index contributed by atoms with van der Waals surface area (Å²) in [7, 11) is 0. The third-order valence-corrected chi connectivity index (χ3v) is 6.43. The molecule has 0 saturated carbocycles. The minimum atomic E-state index is -0.492. The van der Waals surface area contributed by atoms with E-state index in [0.717, 1.165) is 34.0 Å². The van der Waals surface area contributed by atoms with E-state index in [9.17, 15) is 4.39 Å². The third-order valence-electron chi connectivity index (χ3n) is 5.46. The van der Waals surface area contributed by atoms with E-state index in [1.807, 2.05) is 29.6 Å². The molecule has 34 heavy (non-hydrogen) atoms. The Morgan fingerprint density at radius 2 is 1.94 bits per heavy atom. The fourth-order valence-electron chi connectivity index (χ4n) is 3.73. The molecule has 0 bridgehead atoms. The van der Waals surface area contributed by atoms with Crippen molar-refractivity contribution in [3.8, 4) is 22.7 Å². The molecule has 4 heterocycles. The molecular weight excluding hydrogens is 451 g/mol. The first kappa shape index (κ1) is 22.1. The van der Waals surface area contributed by atoms with Crippen LogP contribution in [-0.4, -0.2) is 27.5 Å². The Balaban J connectivity index is 1.52. The van der Waals surface area contributed by atoms with E-state index in [2.05, 4.69) is 27.4 Å². The highest BCUT2D eigenvalue weighted by Crippen LogP contribution is 2.38. The quantitative estimate of drug-likeness (QED) is 0.301. The van der Waals surface area contributed by atoms with Crippen molar-refractivity contribution in [2.75, 3.05) is 11.9 Å². The molecule has 1 atom stereocenters. The maximum Gasteiger partial charge on any atom is 0.165 e. The van der Waals surface area contributed by atoms with Gasteiger partial charge >= 0.3 is 0 Å². The highest BCUT2D eigenvalue weighted by molar-refractivity contribution is 7.18. The summed E-state index contributed by atoms with van der Waals surface area (Å²) >= 11 is 1.49. The van der Waals surface area contributed by atoms with E-state index in [1.165, 1.54) is 17.5 Å². The van der Waals surface area contributed by atoms with Crippen molar-refractivity contribution in [3.63, 3.8) is 0 Å². The Kier molecular flexibility index (Phi) is 6.31. The zero-order chi connectivity index (χ0) is 23.5. The highest BCUT2D eigenvalue weighted by Gasteiger charge is 2.19. The zero-order valence-corrected chi connectivity index (χ0v) is 19.1. The van der Waals surface area contributed by atoms with Crippen LogP contribution in [0.15, 0.2) is 70.9 Å². The fourth-order valence-corrected chi connectivity index (χ4v) is 4.69. The minimum absolute atomic E-state index is 0.134. The van der Waals surface area contributed by atoms with Crippen molar-refractivity contribution in [3.05, 3.63) is 83.4 Å². The SMILES string of the molecule is NCc1coc(-c2csc3c(NCC(N)Cc4ccccc4)nc(-c4ccncc4F)nc23)c1. The van der Waals surface area contributed by atoms with Crippen molar-refractivity contribution < 1.29 is 8.81 Å². The van der Waals surface area contributed by atoms with Gasteiger partial charge in [-0.25, -0.2) is 14.4 Å². The number of anilines is 1. The Hall–Kier alpha value is -3.66. The number of nitrogens with two attached hydrogens (primary N) is 2. The normalized spacial score (nSPS) is 12.2. The molecule has 0 amide bonds. The zero-order valence-electron chi connectivity index (χ0n) is 18.2. The Morgan fingerprint density at radius 1 is 1.09 bits per heavy atom. The molecule has 0 aliphatic heterocycles. The number of halogens is 1. The van der Waals surface area contributed by atoms with Gasteiger partial charge in [0.25, 0.3) is 0 Å². The molecule has 1 aromatic carbocycles. The summed E-state index contributed by atoms with van der Waals surface area (Å²) in [6.45, 7) is 0.866. The Labute approximate surface area is 199 Å². The lowest BCUT2D eigenvalue weighted by molar-refractivity contribution is 0.579. The summed E-state index contributed by atoms with van der Waals surface area (Å²) in [4.78, 5) is 13.2. The number of aromatic nitrogens is 3. The molecular formula is C25H23FN6OS. The van der Waals surface area contributed by atoms with Crippen LogP contribution in [0.3, 0.4) is 0 Å². The maximum absolute atomic E-state index is 14.5. The van der Waals surface area contributed by atoms with Crippen LogP contribution in [0.4, 0.5) is 10.2 Å². The van der Waals surface area contributed by atoms with Crippen LogP contribution in [0.25, 0.3) is 32.9 Å². The molecule has 0 radical (unpaired) electrons. The summed E-state index contributed by atoms with van der Waals surface area (Å²) in [6.07, 6.45) is 5.02. The molecule has 5 aromatic rings. The van der Waals surface area contributed by atoms with Gasteiger partial charge < -0.3 is 21.2 Å². The first-order valence-electron chi connectivity index (χ1n) is 10.8. The molecule has 0 aliphatic rings. The lowest BCUT2D eigenvalue weighted by Crippen LogP contribution is -2.31. The molecule has 1 unspecified atom stereocenters. The summed E-state index contributed by atoms with van der Waals surface area (Å²) in [5.41, 5.74) is 15.9. The van der Waals surface area contributed by atoms with E-state index >= 15 is 0 Å². The van der Waals surface area contributed by atoms with Crippen molar-refractivity contribution >= 4 is 27.4 Å². The standard InChI is InChI=1S/C25H23FN6OS/c26-20-12-29-7-6-18(20)24-31-22-19(21-9-16(10-27)13-33-21)14-34-23(22)25(32-24)30-11-17(28)8-15-4-2-1-3-5-15/h1-7,9,12-14,17H,8,10-11,27-28H2,(H,30,31,32). The Morgan fingerprint density at radius 3 is 2.71 bits per heavy atom. The lowest BCUT2D eigenvalue weighted by atomic mass is 10.1. The van der Waals surface area contributed by atoms with Gasteiger partial charge in [0.15, 0.2) is 11.6 Å². The lowest BCUT2D eigenvalue weighted by Gasteiger charge is -2.14. The molecule has 5 rings (SSSR count). The van der Waals surface area contributed by atoms with E-state index < -0.39 is 5.82 Å². The molecule has 7 nitrogen and oxygen atoms in total. The number of fused-ring (bicyclic) bond motifs is 1. The second kappa shape index (κ2) is 9.68. The summed E-state index contributed by atoms with van der Waals surface area (Å²) in [6, 6.07) is 13.4. The molecule has 0 spiro atoms. The number of benzene rings is 1. The molecule has 0 saturated heterocycles. The van der Waals surface area contributed by atoms with Crippen LogP contribution in [0.1, 0.15) is 11.1 Å². The molecule has 5 N–H and O–H groups in total. The number of pyridine rings is 1. The number of furan rings is 1. The van der Waals surface area contributed by atoms with Gasteiger partial charge in [-0.2, -0.15) is 0 Å². The molecule has 172 valence electrons. The topological polar surface area (TPSA) is 116 Å². The van der Waals surface area contributed by atoms with E-state index in [0.29, 0.717) is 30.2 Å². The predicted octanol–water partition coefficient (Wildman–Crippen LogP) is 4.59. The molecule has 0 fully saturated rings. The minimum Gasteiger partial charge on any atom is -0.464 e. The first-order chi connectivity index (χ1) is 16.6. The number of rotatable bonds is 8. The van der Waals surface area contributed by atoms with Gasteiger partial charge in [0.05, 0.1) is 33.8 Å². The summed E-state index contributed by atoms with van der Waals surface area (Å²) in [5.74, 6) is 1.02. The predicted molar refractivity (Wildman–Crippen MR) is 133 cm³/mol. The third kappa shape index (κ3) is 4.54. The average Bonchev–Trinajstić information content (AvgIpc) is 3.50. The van der Waals surface area contributed by atoms with Crippen LogP contribution >= 0.6 is 11.3 Å². The summed E-state index contributed by atoms with van der Waals surface area (Å²) in [5, 5.41) is 5.32. The van der Waals surface area contributed by atoms with Gasteiger partial charge in [-0.05, 0) is 24.1 Å². The van der Waals surface area contributed by atoms with Crippen LogP contribution in [0, 0.1) is 5.82 Å². The maximum atomic E-state index is 14.5. The van der Waals surface area contributed by atoms with E-state index in [-0.39, 0.29) is 17.4 Å². The number of nitrogens with one attached hydrogen (secondary N) is 1. The van der Waals surface area contributed by atoms with Gasteiger partial charge in [0.2, 0.25) is 0 Å². The van der Waals surface area contributed by atoms with Crippen molar-refractivity contribution in [1.29, 1.82) is 0 Å². The second-order valence-corrected chi connectivity index (χ2v) is 8.81. The number of hydrogen-bond acceptors (Lipinski definition) is 8. The fraction of sp³-hybridized carbons (Fsp3) is 0.160. The van der Waals surface area contributed by atoms with Crippen LogP contribution in [0.5, 0.6) is 0 Å². The average molecular weight is 475 g/mol. The van der Waals surface area contributed by atoms with Gasteiger partial charge in [-0.1, -0.05) is 30.3 Å². The van der Waals surface area contributed by atoms with Gasteiger partial charge in [0.1, 0.15) is 11.6 Å². The second-order valence-electron chi connectivity index (χ2n) is 7.93. The monoisotopic (exact) mass is 474 g/mol. The largest absolute Gasteiger partial charge is 0.464 e. The van der Waals surface area contributed by atoms with Crippen molar-refractivity contribution in [1.82, 2.24) is 15.0 Å². The van der Waals surface area contributed by atoms with Gasteiger partial charge in [-0.15, -0.1) is 11.3 Å². The molecule has 0 aliphatic carbocycles. The smallest absolute Gasteiger partial charge is 0.165 e. The van der Waals surface area contributed by atoms with E-state index in [1.54, 1.807) is 12.3 Å². The van der Waals surface area contributed by atoms with Crippen molar-refractivity contribution in [2.45, 2.75) is 19.0 Å².